The summed E-state index contributed by atoms with van der Waals surface area (Å²) in [6.07, 6.45) is 4.62. The van der Waals surface area contributed by atoms with Gasteiger partial charge in [0.1, 0.15) is 0 Å². The van der Waals surface area contributed by atoms with Crippen molar-refractivity contribution in [2.24, 2.45) is 13.0 Å². The molecule has 0 spiro atoms. The highest BCUT2D eigenvalue weighted by atomic mass is 35.5. The topological polar surface area (TPSA) is 59.0 Å². The van der Waals surface area contributed by atoms with Crippen LogP contribution in [0, 0.1) is 5.92 Å². The molecule has 0 aromatic carbocycles. The molecule has 2 heterocycles. The molecule has 6 heteroatoms. The van der Waals surface area contributed by atoms with Crippen molar-refractivity contribution in [1.29, 1.82) is 0 Å². The van der Waals surface area contributed by atoms with Gasteiger partial charge in [-0.05, 0) is 13.0 Å². The van der Waals surface area contributed by atoms with Crippen molar-refractivity contribution in [2.45, 2.75) is 13.0 Å². The number of nitrogens with one attached hydrogen (secondary N) is 2. The minimum Gasteiger partial charge on any atom is -0.352 e. The second kappa shape index (κ2) is 5.86. The van der Waals surface area contributed by atoms with E-state index < -0.39 is 0 Å². The number of aromatic nitrogens is 2. The lowest BCUT2D eigenvalue weighted by atomic mass is 10.1. The lowest BCUT2D eigenvalue weighted by Crippen LogP contribution is -2.31. The molecule has 2 N–H and O–H groups in total. The summed E-state index contributed by atoms with van der Waals surface area (Å²) >= 11 is 0. The van der Waals surface area contributed by atoms with E-state index in [0.717, 1.165) is 25.1 Å². The van der Waals surface area contributed by atoms with Gasteiger partial charge in [0, 0.05) is 31.9 Å². The number of amides is 1. The van der Waals surface area contributed by atoms with Crippen LogP contribution < -0.4 is 10.6 Å². The van der Waals surface area contributed by atoms with Crippen LogP contribution in [0.5, 0.6) is 0 Å². The summed E-state index contributed by atoms with van der Waals surface area (Å²) in [6, 6.07) is 0. The maximum Gasteiger partial charge on any atom is 0.224 e. The molecular formula is C10H17ClN4O. The second-order valence-electron chi connectivity index (χ2n) is 3.93. The van der Waals surface area contributed by atoms with Crippen molar-refractivity contribution in [2.75, 3.05) is 13.1 Å². The van der Waals surface area contributed by atoms with Crippen molar-refractivity contribution in [3.63, 3.8) is 0 Å². The average molecular weight is 245 g/mol. The summed E-state index contributed by atoms with van der Waals surface area (Å²) in [6.45, 7) is 2.33. The maximum atomic E-state index is 11.6. The van der Waals surface area contributed by atoms with E-state index >= 15 is 0 Å². The van der Waals surface area contributed by atoms with Gasteiger partial charge in [0.15, 0.2) is 0 Å². The molecular weight excluding hydrogens is 228 g/mol. The monoisotopic (exact) mass is 244 g/mol. The zero-order valence-electron chi connectivity index (χ0n) is 9.27. The van der Waals surface area contributed by atoms with E-state index in [9.17, 15) is 4.79 Å². The first-order valence-corrected chi connectivity index (χ1v) is 5.21. The van der Waals surface area contributed by atoms with Crippen LogP contribution in [0.25, 0.3) is 0 Å². The lowest BCUT2D eigenvalue weighted by molar-refractivity contribution is -0.124. The van der Waals surface area contributed by atoms with Gasteiger partial charge in [-0.2, -0.15) is 5.10 Å². The number of halogens is 1. The van der Waals surface area contributed by atoms with Gasteiger partial charge in [0.2, 0.25) is 5.91 Å². The molecule has 1 atom stereocenters. The molecule has 1 aliphatic rings. The number of carbonyl (C=O) groups excluding carboxylic acids is 1. The van der Waals surface area contributed by atoms with E-state index in [1.165, 1.54) is 0 Å². The van der Waals surface area contributed by atoms with Crippen LogP contribution in [-0.2, 0) is 18.4 Å². The molecule has 0 saturated carbocycles. The quantitative estimate of drug-likeness (QED) is 0.791. The van der Waals surface area contributed by atoms with Crippen LogP contribution in [0.15, 0.2) is 12.4 Å². The Morgan fingerprint density at radius 1 is 1.75 bits per heavy atom. The van der Waals surface area contributed by atoms with Gasteiger partial charge in [0.25, 0.3) is 0 Å². The first-order chi connectivity index (χ1) is 7.25. The third kappa shape index (κ3) is 3.21. The first kappa shape index (κ1) is 13.0. The molecule has 16 heavy (non-hydrogen) atoms. The Bertz CT molecular complexity index is 346. The normalized spacial score (nSPS) is 19.2. The number of hydrogen-bond acceptors (Lipinski definition) is 3. The zero-order chi connectivity index (χ0) is 10.7. The number of nitrogens with zero attached hydrogens (tertiary/aromatic N) is 2. The van der Waals surface area contributed by atoms with E-state index in [2.05, 4.69) is 15.7 Å². The van der Waals surface area contributed by atoms with Crippen LogP contribution in [-0.4, -0.2) is 28.8 Å². The molecule has 2 rings (SSSR count). The minimum atomic E-state index is 0. The molecule has 1 aliphatic heterocycles. The largest absolute Gasteiger partial charge is 0.352 e. The Morgan fingerprint density at radius 2 is 2.56 bits per heavy atom. The molecule has 0 radical (unpaired) electrons. The number of rotatable bonds is 3. The molecule has 1 amide bonds. The standard InChI is InChI=1S/C10H16N4O.ClH/c1-14-7-8(5-13-14)4-12-10(15)9-2-3-11-6-9;/h5,7,9,11H,2-4,6H2,1H3,(H,12,15);1H/t9-;/m1./s1. The third-order valence-corrected chi connectivity index (χ3v) is 2.66. The summed E-state index contributed by atoms with van der Waals surface area (Å²) in [7, 11) is 1.87. The smallest absolute Gasteiger partial charge is 0.224 e. The SMILES string of the molecule is Cl.Cn1cc(CNC(=O)[C@@H]2CCNC2)cn1. The highest BCUT2D eigenvalue weighted by molar-refractivity contribution is 5.85. The van der Waals surface area contributed by atoms with Crippen molar-refractivity contribution in [3.05, 3.63) is 18.0 Å². The van der Waals surface area contributed by atoms with Gasteiger partial charge in [-0.1, -0.05) is 0 Å². The van der Waals surface area contributed by atoms with Crippen LogP contribution in [0.3, 0.4) is 0 Å². The first-order valence-electron chi connectivity index (χ1n) is 5.21. The molecule has 0 aliphatic carbocycles. The summed E-state index contributed by atoms with van der Waals surface area (Å²) in [5, 5.41) is 10.1. The van der Waals surface area contributed by atoms with Crippen LogP contribution >= 0.6 is 12.4 Å². The predicted octanol–water partition coefficient (Wildman–Crippen LogP) is 0.0676. The molecule has 1 saturated heterocycles. The minimum absolute atomic E-state index is 0. The molecule has 90 valence electrons. The summed E-state index contributed by atoms with van der Waals surface area (Å²) < 4.78 is 1.73. The van der Waals surface area contributed by atoms with Gasteiger partial charge in [-0.15, -0.1) is 12.4 Å². The van der Waals surface area contributed by atoms with Crippen LogP contribution in [0.1, 0.15) is 12.0 Å². The van der Waals surface area contributed by atoms with Crippen molar-refractivity contribution in [3.8, 4) is 0 Å². The molecule has 1 fully saturated rings. The van der Waals surface area contributed by atoms with E-state index in [0.29, 0.717) is 6.54 Å². The lowest BCUT2D eigenvalue weighted by Gasteiger charge is -2.08. The Morgan fingerprint density at radius 3 is 3.12 bits per heavy atom. The molecule has 0 unspecified atom stereocenters. The Kier molecular flexibility index (Phi) is 4.76. The van der Waals surface area contributed by atoms with Crippen LogP contribution in [0.4, 0.5) is 0 Å². The average Bonchev–Trinajstić information content (AvgIpc) is 2.84. The second-order valence-corrected chi connectivity index (χ2v) is 3.93. The molecule has 5 nitrogen and oxygen atoms in total. The van der Waals surface area contributed by atoms with Crippen LogP contribution in [0.2, 0.25) is 0 Å². The van der Waals surface area contributed by atoms with Crippen molar-refractivity contribution in [1.82, 2.24) is 20.4 Å². The van der Waals surface area contributed by atoms with Crippen molar-refractivity contribution >= 4 is 18.3 Å². The molecule has 1 aromatic rings. The highest BCUT2D eigenvalue weighted by Gasteiger charge is 2.21. The van der Waals surface area contributed by atoms with Gasteiger partial charge in [-0.3, -0.25) is 9.48 Å². The molecule has 0 bridgehead atoms. The van der Waals surface area contributed by atoms with Gasteiger partial charge in [0.05, 0.1) is 12.1 Å². The Labute approximate surface area is 101 Å². The maximum absolute atomic E-state index is 11.6. The fourth-order valence-electron chi connectivity index (χ4n) is 1.78. The Hall–Kier alpha value is -1.07. The van der Waals surface area contributed by atoms with Crippen molar-refractivity contribution < 1.29 is 4.79 Å². The summed E-state index contributed by atoms with van der Waals surface area (Å²) in [5.41, 5.74) is 1.04. The fraction of sp³-hybridized carbons (Fsp3) is 0.600. The third-order valence-electron chi connectivity index (χ3n) is 2.66. The highest BCUT2D eigenvalue weighted by Crippen LogP contribution is 2.07. The van der Waals surface area contributed by atoms with Gasteiger partial charge >= 0.3 is 0 Å². The van der Waals surface area contributed by atoms with E-state index in [1.54, 1.807) is 10.9 Å². The fourth-order valence-corrected chi connectivity index (χ4v) is 1.78. The summed E-state index contributed by atoms with van der Waals surface area (Å²) in [4.78, 5) is 11.6. The number of carbonyl (C=O) groups is 1. The molecule has 1 aromatic heterocycles. The van der Waals surface area contributed by atoms with Gasteiger partial charge in [-0.25, -0.2) is 0 Å². The zero-order valence-corrected chi connectivity index (χ0v) is 10.1. The number of hydrogen-bond donors (Lipinski definition) is 2. The predicted molar refractivity (Wildman–Crippen MR) is 63.3 cm³/mol. The summed E-state index contributed by atoms with van der Waals surface area (Å²) in [5.74, 6) is 0.283. The number of aryl methyl sites for hydroxylation is 1. The Balaban J connectivity index is 0.00000128. The van der Waals surface area contributed by atoms with E-state index in [1.807, 2.05) is 13.2 Å². The van der Waals surface area contributed by atoms with Gasteiger partial charge < -0.3 is 10.6 Å². The van der Waals surface area contributed by atoms with E-state index in [-0.39, 0.29) is 24.2 Å². The van der Waals surface area contributed by atoms with E-state index in [4.69, 9.17) is 0 Å².